The number of fused-ring (bicyclic) bond motifs is 1. The molecule has 0 unspecified atom stereocenters. The molecule has 0 amide bonds. The first kappa shape index (κ1) is 24.9. The molecule has 3 aromatic heterocycles. The Morgan fingerprint density at radius 3 is 2.54 bits per heavy atom. The third-order valence-electron chi connectivity index (χ3n) is 7.34. The van der Waals surface area contributed by atoms with Gasteiger partial charge in [0.1, 0.15) is 29.6 Å². The number of aromatic amines is 1. The van der Waals surface area contributed by atoms with Crippen molar-refractivity contribution >= 4 is 22.5 Å². The van der Waals surface area contributed by atoms with Crippen LogP contribution in [0.2, 0.25) is 0 Å². The van der Waals surface area contributed by atoms with Gasteiger partial charge in [-0.1, -0.05) is 6.07 Å². The molecule has 39 heavy (non-hydrogen) atoms. The first-order valence-electron chi connectivity index (χ1n) is 12.5. The summed E-state index contributed by atoms with van der Waals surface area (Å²) in [5.41, 5.74) is 8.39. The lowest BCUT2D eigenvalue weighted by Gasteiger charge is -2.33. The molecule has 5 aromatic rings. The molecule has 0 radical (unpaired) electrons. The second-order valence-electron chi connectivity index (χ2n) is 9.79. The number of hydrogen-bond acceptors (Lipinski definition) is 5. The van der Waals surface area contributed by atoms with Gasteiger partial charge in [-0.05, 0) is 60.2 Å². The summed E-state index contributed by atoms with van der Waals surface area (Å²) in [7, 11) is 1.83. The van der Waals surface area contributed by atoms with E-state index in [1.807, 2.05) is 36.0 Å². The molecule has 0 spiro atoms. The Labute approximate surface area is 221 Å². The lowest BCUT2D eigenvalue weighted by atomic mass is 9.95. The highest BCUT2D eigenvalue weighted by atomic mass is 19.4. The second-order valence-corrected chi connectivity index (χ2v) is 9.79. The number of rotatable bonds is 4. The number of aromatic nitrogens is 5. The Hall–Kier alpha value is -4.41. The highest BCUT2D eigenvalue weighted by molar-refractivity contribution is 5.91. The summed E-state index contributed by atoms with van der Waals surface area (Å²) in [6.45, 7) is 1.38. The van der Waals surface area contributed by atoms with E-state index in [1.54, 1.807) is 6.20 Å². The van der Waals surface area contributed by atoms with Crippen molar-refractivity contribution in [2.75, 3.05) is 23.7 Å². The molecule has 1 fully saturated rings. The maximum Gasteiger partial charge on any atom is 0.419 e. The van der Waals surface area contributed by atoms with E-state index in [2.05, 4.69) is 30.9 Å². The van der Waals surface area contributed by atoms with Crippen LogP contribution in [0.1, 0.15) is 30.1 Å². The fraction of sp³-hybridized carbons (Fsp3) is 0.250. The van der Waals surface area contributed by atoms with Crippen molar-refractivity contribution in [1.29, 1.82) is 0 Å². The number of nitrogens with one attached hydrogen (secondary N) is 1. The number of nitrogens with two attached hydrogens (primary N) is 1. The zero-order valence-electron chi connectivity index (χ0n) is 21.0. The standard InChI is InChI=1S/C28H25F4N7/c1-38-14-23(17-2-4-21(29)20(13-17)28(30,31)32)37-26(38)16-7-10-39(11-8-16)27-24(25(33)35-15-36-27)19-3-5-22-18(12-19)6-9-34-22/h2-6,9,12-16,34H,7-8,10-11H2,1H3,(H2,33,35,36). The molecule has 1 aliphatic rings. The van der Waals surface area contributed by atoms with Gasteiger partial charge in [0, 0.05) is 49.5 Å². The van der Waals surface area contributed by atoms with Crippen molar-refractivity contribution in [1.82, 2.24) is 24.5 Å². The van der Waals surface area contributed by atoms with Gasteiger partial charge in [-0.3, -0.25) is 0 Å². The number of halogens is 4. The van der Waals surface area contributed by atoms with Gasteiger partial charge in [-0.2, -0.15) is 13.2 Å². The third-order valence-corrected chi connectivity index (χ3v) is 7.34. The number of aryl methyl sites for hydroxylation is 1. The number of anilines is 2. The van der Waals surface area contributed by atoms with Crippen molar-refractivity contribution in [2.45, 2.75) is 24.9 Å². The first-order valence-corrected chi connectivity index (χ1v) is 12.5. The number of nitrogens with zero attached hydrogens (tertiary/aromatic N) is 5. The summed E-state index contributed by atoms with van der Waals surface area (Å²) in [6.07, 6.45) is 1.80. The van der Waals surface area contributed by atoms with E-state index in [9.17, 15) is 17.6 Å². The molecule has 0 aliphatic carbocycles. The Balaban J connectivity index is 1.24. The molecule has 4 heterocycles. The van der Waals surface area contributed by atoms with E-state index >= 15 is 0 Å². The van der Waals surface area contributed by atoms with E-state index in [0.717, 1.165) is 58.6 Å². The average Bonchev–Trinajstić information content (AvgIpc) is 3.54. The van der Waals surface area contributed by atoms with Gasteiger partial charge in [0.2, 0.25) is 0 Å². The first-order chi connectivity index (χ1) is 18.7. The smallest absolute Gasteiger partial charge is 0.383 e. The van der Waals surface area contributed by atoms with Gasteiger partial charge in [0.15, 0.2) is 0 Å². The summed E-state index contributed by atoms with van der Waals surface area (Å²) in [5, 5.41) is 1.06. The molecule has 3 N–H and O–H groups in total. The average molecular weight is 536 g/mol. The molecule has 0 saturated carbocycles. The van der Waals surface area contributed by atoms with Crippen molar-refractivity contribution in [3.8, 4) is 22.4 Å². The zero-order valence-corrected chi connectivity index (χ0v) is 21.0. The van der Waals surface area contributed by atoms with E-state index in [1.165, 1.54) is 12.4 Å². The number of alkyl halides is 3. The summed E-state index contributed by atoms with van der Waals surface area (Å²) >= 11 is 0. The maximum absolute atomic E-state index is 13.8. The van der Waals surface area contributed by atoms with E-state index < -0.39 is 17.6 Å². The molecule has 2 aromatic carbocycles. The van der Waals surface area contributed by atoms with Crippen molar-refractivity contribution in [2.24, 2.45) is 7.05 Å². The molecule has 1 saturated heterocycles. The molecular formula is C28H25F4N7. The Morgan fingerprint density at radius 1 is 1.00 bits per heavy atom. The van der Waals surface area contributed by atoms with Gasteiger partial charge in [0.05, 0.1) is 16.8 Å². The normalized spacial score (nSPS) is 14.8. The zero-order chi connectivity index (χ0) is 27.3. The van der Waals surface area contributed by atoms with Crippen LogP contribution in [-0.4, -0.2) is 37.6 Å². The second kappa shape index (κ2) is 9.40. The summed E-state index contributed by atoms with van der Waals surface area (Å²) in [4.78, 5) is 18.9. The summed E-state index contributed by atoms with van der Waals surface area (Å²) in [5.74, 6) is 0.752. The number of imidazole rings is 1. The van der Waals surface area contributed by atoms with Gasteiger partial charge in [0.25, 0.3) is 0 Å². The predicted octanol–water partition coefficient (Wildman–Crippen LogP) is 6.15. The van der Waals surface area contributed by atoms with E-state index in [-0.39, 0.29) is 11.5 Å². The van der Waals surface area contributed by atoms with E-state index in [4.69, 9.17) is 5.73 Å². The minimum Gasteiger partial charge on any atom is -0.383 e. The van der Waals surface area contributed by atoms with Crippen LogP contribution in [0.4, 0.5) is 29.2 Å². The van der Waals surface area contributed by atoms with Gasteiger partial charge < -0.3 is 20.2 Å². The number of benzene rings is 2. The number of nitrogen functional groups attached to an aromatic ring is 1. The number of piperidine rings is 1. The van der Waals surface area contributed by atoms with Crippen LogP contribution in [0.25, 0.3) is 33.3 Å². The molecule has 200 valence electrons. The molecule has 1 aliphatic heterocycles. The molecule has 7 nitrogen and oxygen atoms in total. The number of hydrogen-bond donors (Lipinski definition) is 2. The topological polar surface area (TPSA) is 88.7 Å². The van der Waals surface area contributed by atoms with Crippen LogP contribution >= 0.6 is 0 Å². The maximum atomic E-state index is 13.8. The number of H-pyrrole nitrogens is 1. The molecule has 6 rings (SSSR count). The predicted molar refractivity (Wildman–Crippen MR) is 142 cm³/mol. The third kappa shape index (κ3) is 4.58. The SMILES string of the molecule is Cn1cc(-c2ccc(F)c(C(F)(F)F)c2)nc1C1CCN(c2ncnc(N)c2-c2ccc3[nH]ccc3c2)CC1. The van der Waals surface area contributed by atoms with Crippen LogP contribution in [0, 0.1) is 5.82 Å². The Bertz CT molecular complexity index is 1660. The molecular weight excluding hydrogens is 510 g/mol. The van der Waals surface area contributed by atoms with Crippen molar-refractivity contribution in [3.63, 3.8) is 0 Å². The Kier molecular flexibility index (Phi) is 6.00. The van der Waals surface area contributed by atoms with Gasteiger partial charge in [-0.25, -0.2) is 19.3 Å². The highest BCUT2D eigenvalue weighted by Gasteiger charge is 2.34. The highest BCUT2D eigenvalue weighted by Crippen LogP contribution is 2.38. The van der Waals surface area contributed by atoms with Crippen LogP contribution in [0.5, 0.6) is 0 Å². The monoisotopic (exact) mass is 535 g/mol. The van der Waals surface area contributed by atoms with Gasteiger partial charge in [-0.15, -0.1) is 0 Å². The van der Waals surface area contributed by atoms with Crippen molar-refractivity contribution < 1.29 is 17.6 Å². The lowest BCUT2D eigenvalue weighted by Crippen LogP contribution is -2.34. The quantitative estimate of drug-likeness (QED) is 0.270. The lowest BCUT2D eigenvalue weighted by molar-refractivity contribution is -0.139. The summed E-state index contributed by atoms with van der Waals surface area (Å²) in [6, 6.07) is 11.0. The molecule has 0 atom stereocenters. The molecule has 0 bridgehead atoms. The van der Waals surface area contributed by atoms with E-state index in [0.29, 0.717) is 24.6 Å². The van der Waals surface area contributed by atoms with Crippen LogP contribution in [-0.2, 0) is 13.2 Å². The van der Waals surface area contributed by atoms with Crippen LogP contribution in [0.15, 0.2) is 61.2 Å². The summed E-state index contributed by atoms with van der Waals surface area (Å²) < 4.78 is 55.3. The minimum atomic E-state index is -4.78. The fourth-order valence-corrected chi connectivity index (χ4v) is 5.37. The minimum absolute atomic E-state index is 0.0985. The van der Waals surface area contributed by atoms with Gasteiger partial charge >= 0.3 is 6.18 Å². The van der Waals surface area contributed by atoms with Crippen LogP contribution in [0.3, 0.4) is 0 Å². The van der Waals surface area contributed by atoms with Crippen LogP contribution < -0.4 is 10.6 Å². The largest absolute Gasteiger partial charge is 0.419 e. The fourth-order valence-electron chi connectivity index (χ4n) is 5.37. The Morgan fingerprint density at radius 2 is 1.77 bits per heavy atom. The molecule has 11 heteroatoms. The van der Waals surface area contributed by atoms with Crippen molar-refractivity contribution in [3.05, 3.63) is 78.4 Å².